The molecule has 1 aliphatic rings. The van der Waals surface area contributed by atoms with Gasteiger partial charge in [-0.2, -0.15) is 0 Å². The minimum absolute atomic E-state index is 0.0639. The fourth-order valence-electron chi connectivity index (χ4n) is 2.21. The van der Waals surface area contributed by atoms with Crippen LogP contribution in [-0.4, -0.2) is 39.0 Å². The Morgan fingerprint density at radius 3 is 2.58 bits per heavy atom. The number of hydrogen-bond donors (Lipinski definition) is 1. The van der Waals surface area contributed by atoms with Crippen molar-refractivity contribution in [3.8, 4) is 0 Å². The Kier molecular flexibility index (Phi) is 5.05. The topological polar surface area (TPSA) is 49.4 Å². The third kappa shape index (κ3) is 3.78. The average molecular weight is 367 g/mol. The Bertz CT molecular complexity index is 514. The van der Waals surface area contributed by atoms with Gasteiger partial charge in [-0.05, 0) is 67.0 Å². The van der Waals surface area contributed by atoms with Crippen molar-refractivity contribution in [1.29, 1.82) is 0 Å². The third-order valence-corrected chi connectivity index (χ3v) is 7.59. The van der Waals surface area contributed by atoms with Crippen LogP contribution in [0.25, 0.3) is 0 Å². The first-order valence-electron chi connectivity index (χ1n) is 6.43. The van der Waals surface area contributed by atoms with Gasteiger partial charge in [-0.25, -0.2) is 13.1 Å². The fraction of sp³-hybridized carbons (Fsp3) is 0.667. The maximum absolute atomic E-state index is 12.3. The molecule has 19 heavy (non-hydrogen) atoms. The van der Waals surface area contributed by atoms with E-state index in [0.29, 0.717) is 4.21 Å². The Hall–Kier alpha value is 0.0500. The molecule has 0 atom stereocenters. The summed E-state index contributed by atoms with van der Waals surface area (Å²) in [6, 6.07) is 1.78. The number of likely N-dealkylation sites (tertiary alicyclic amines) is 1. The lowest BCUT2D eigenvalue weighted by Gasteiger charge is -2.31. The summed E-state index contributed by atoms with van der Waals surface area (Å²) in [5, 5.41) is 0. The van der Waals surface area contributed by atoms with Crippen LogP contribution in [-0.2, 0) is 10.0 Å². The normalized spacial score (nSPS) is 18.9. The summed E-state index contributed by atoms with van der Waals surface area (Å²) in [5.41, 5.74) is 0.964. The highest BCUT2D eigenvalue weighted by Gasteiger charge is 2.25. The molecule has 108 valence electrons. The molecule has 1 aliphatic heterocycles. The van der Waals surface area contributed by atoms with E-state index >= 15 is 0 Å². The highest BCUT2D eigenvalue weighted by Crippen LogP contribution is 2.30. The fourth-order valence-corrected chi connectivity index (χ4v) is 5.76. The Morgan fingerprint density at radius 2 is 2.11 bits per heavy atom. The summed E-state index contributed by atoms with van der Waals surface area (Å²) < 4.78 is 28.7. The van der Waals surface area contributed by atoms with Gasteiger partial charge < -0.3 is 4.90 Å². The molecule has 0 aliphatic carbocycles. The van der Waals surface area contributed by atoms with Crippen LogP contribution in [0.4, 0.5) is 0 Å². The molecular weight excluding hydrogens is 348 g/mol. The number of thiophene rings is 1. The van der Waals surface area contributed by atoms with Crippen LogP contribution < -0.4 is 4.72 Å². The van der Waals surface area contributed by atoms with Crippen LogP contribution >= 0.6 is 27.3 Å². The number of halogens is 1. The van der Waals surface area contributed by atoms with Crippen molar-refractivity contribution in [2.24, 2.45) is 0 Å². The average Bonchev–Trinajstić information content (AvgIpc) is 2.71. The molecule has 1 fully saturated rings. The minimum atomic E-state index is -3.37. The summed E-state index contributed by atoms with van der Waals surface area (Å²) in [6.07, 6.45) is 1.77. The highest BCUT2D eigenvalue weighted by molar-refractivity contribution is 9.11. The Morgan fingerprint density at radius 1 is 1.47 bits per heavy atom. The van der Waals surface area contributed by atoms with Gasteiger partial charge in [-0.15, -0.1) is 11.3 Å². The summed E-state index contributed by atoms with van der Waals surface area (Å²) in [4.78, 5) is 2.34. The molecule has 0 aromatic carbocycles. The van der Waals surface area contributed by atoms with Crippen LogP contribution in [0.3, 0.4) is 0 Å². The van der Waals surface area contributed by atoms with Crippen LogP contribution in [0.1, 0.15) is 25.3 Å². The van der Waals surface area contributed by atoms with Crippen LogP contribution in [0.5, 0.6) is 0 Å². The molecule has 0 unspecified atom stereocenters. The van der Waals surface area contributed by atoms with Gasteiger partial charge in [0.25, 0.3) is 0 Å². The first-order valence-corrected chi connectivity index (χ1v) is 9.52. The highest BCUT2D eigenvalue weighted by atomic mass is 79.9. The largest absolute Gasteiger partial charge is 0.303 e. The van der Waals surface area contributed by atoms with Crippen molar-refractivity contribution < 1.29 is 8.42 Å². The molecular formula is C12H19BrN2O2S2. The first-order chi connectivity index (χ1) is 8.92. The standard InChI is InChI=1S/C12H19BrN2O2S2/c1-3-15-6-4-10(5-7-15)14-19(16,17)11-8-9(2)12(13)18-11/h8,10,14H,3-7H2,1-2H3. The zero-order valence-electron chi connectivity index (χ0n) is 11.1. The second-order valence-electron chi connectivity index (χ2n) is 4.85. The minimum Gasteiger partial charge on any atom is -0.303 e. The zero-order chi connectivity index (χ0) is 14.0. The Labute approximate surface area is 127 Å². The zero-order valence-corrected chi connectivity index (χ0v) is 14.4. The second kappa shape index (κ2) is 6.22. The summed E-state index contributed by atoms with van der Waals surface area (Å²) in [7, 11) is -3.37. The number of piperidine rings is 1. The van der Waals surface area contributed by atoms with Gasteiger partial charge in [-0.1, -0.05) is 6.92 Å². The number of nitrogens with zero attached hydrogens (tertiary/aromatic N) is 1. The first kappa shape index (κ1) is 15.4. The van der Waals surface area contributed by atoms with Crippen molar-refractivity contribution >= 4 is 37.3 Å². The van der Waals surface area contributed by atoms with E-state index in [1.807, 2.05) is 6.92 Å². The number of nitrogens with one attached hydrogen (secondary N) is 1. The monoisotopic (exact) mass is 366 g/mol. The van der Waals surface area contributed by atoms with Gasteiger partial charge >= 0.3 is 0 Å². The quantitative estimate of drug-likeness (QED) is 0.890. The van der Waals surface area contributed by atoms with Crippen LogP contribution in [0, 0.1) is 6.92 Å². The van der Waals surface area contributed by atoms with Crippen LogP contribution in [0.15, 0.2) is 14.1 Å². The van der Waals surface area contributed by atoms with Gasteiger partial charge in [0, 0.05) is 6.04 Å². The van der Waals surface area contributed by atoms with Crippen molar-refractivity contribution in [3.05, 3.63) is 15.4 Å². The van der Waals surface area contributed by atoms with Crippen LogP contribution in [0.2, 0.25) is 0 Å². The predicted octanol–water partition coefficient (Wildman–Crippen LogP) is 2.58. The van der Waals surface area contributed by atoms with Gasteiger partial charge in [0.15, 0.2) is 0 Å². The SMILES string of the molecule is CCN1CCC(NS(=O)(=O)c2cc(C)c(Br)s2)CC1. The summed E-state index contributed by atoms with van der Waals surface area (Å²) in [5.74, 6) is 0. The summed E-state index contributed by atoms with van der Waals surface area (Å²) >= 11 is 4.64. The van der Waals surface area contributed by atoms with Gasteiger partial charge in [0.05, 0.1) is 3.79 Å². The maximum Gasteiger partial charge on any atom is 0.250 e. The molecule has 1 N–H and O–H groups in total. The van der Waals surface area contributed by atoms with Gasteiger partial charge in [-0.3, -0.25) is 0 Å². The van der Waals surface area contributed by atoms with E-state index in [9.17, 15) is 8.42 Å². The van der Waals surface area contributed by atoms with E-state index in [1.54, 1.807) is 6.07 Å². The molecule has 1 saturated heterocycles. The van der Waals surface area contributed by atoms with Crippen molar-refractivity contribution in [2.75, 3.05) is 19.6 Å². The van der Waals surface area contributed by atoms with E-state index < -0.39 is 10.0 Å². The van der Waals surface area contributed by atoms with E-state index in [4.69, 9.17) is 0 Å². The molecule has 0 bridgehead atoms. The third-order valence-electron chi connectivity index (χ3n) is 3.46. The van der Waals surface area contributed by atoms with Gasteiger partial charge in [0.2, 0.25) is 10.0 Å². The maximum atomic E-state index is 12.3. The molecule has 1 aromatic heterocycles. The number of rotatable bonds is 4. The number of aryl methyl sites for hydroxylation is 1. The van der Waals surface area contributed by atoms with E-state index in [1.165, 1.54) is 11.3 Å². The molecule has 0 spiro atoms. The lowest BCUT2D eigenvalue weighted by atomic mass is 10.1. The summed E-state index contributed by atoms with van der Waals surface area (Å²) in [6.45, 7) is 7.01. The molecule has 0 radical (unpaired) electrons. The van der Waals surface area contributed by atoms with Crippen molar-refractivity contribution in [1.82, 2.24) is 9.62 Å². The smallest absolute Gasteiger partial charge is 0.250 e. The molecule has 4 nitrogen and oxygen atoms in total. The molecule has 1 aromatic rings. The number of sulfonamides is 1. The van der Waals surface area contributed by atoms with E-state index in [0.717, 1.165) is 41.8 Å². The second-order valence-corrected chi connectivity index (χ2v) is 9.16. The van der Waals surface area contributed by atoms with Gasteiger partial charge in [0.1, 0.15) is 4.21 Å². The number of hydrogen-bond acceptors (Lipinski definition) is 4. The molecule has 0 saturated carbocycles. The molecule has 0 amide bonds. The molecule has 7 heteroatoms. The van der Waals surface area contributed by atoms with E-state index in [2.05, 4.69) is 32.5 Å². The van der Waals surface area contributed by atoms with E-state index in [-0.39, 0.29) is 6.04 Å². The predicted molar refractivity (Wildman–Crippen MR) is 82.2 cm³/mol. The lowest BCUT2D eigenvalue weighted by Crippen LogP contribution is -2.44. The lowest BCUT2D eigenvalue weighted by molar-refractivity contribution is 0.217. The van der Waals surface area contributed by atoms with Crippen molar-refractivity contribution in [2.45, 2.75) is 36.9 Å². The molecule has 2 heterocycles. The Balaban J connectivity index is 2.02. The van der Waals surface area contributed by atoms with Crippen molar-refractivity contribution in [3.63, 3.8) is 0 Å². The molecule has 2 rings (SSSR count).